The summed E-state index contributed by atoms with van der Waals surface area (Å²) in [7, 11) is 0. The highest BCUT2D eigenvalue weighted by Gasteiger charge is 2.57. The Morgan fingerprint density at radius 1 is 1.09 bits per heavy atom. The van der Waals surface area contributed by atoms with E-state index in [-0.39, 0.29) is 38.1 Å². The number of alkyl halides is 6. The van der Waals surface area contributed by atoms with Gasteiger partial charge < -0.3 is 19.6 Å². The Kier molecular flexibility index (Phi) is 9.18. The summed E-state index contributed by atoms with van der Waals surface area (Å²) in [5.74, 6) is -1.92. The molecule has 4 heterocycles. The molecule has 3 atom stereocenters. The molecule has 1 aromatic carbocycles. The second kappa shape index (κ2) is 12.6. The number of aliphatic hydroxyl groups excluding tert-OH is 1. The fourth-order valence-corrected chi connectivity index (χ4v) is 7.01. The third-order valence-electron chi connectivity index (χ3n) is 8.39. The number of halogens is 6. The van der Waals surface area contributed by atoms with Crippen LogP contribution in [-0.4, -0.2) is 62.5 Å². The lowest BCUT2D eigenvalue weighted by Crippen LogP contribution is -2.69. The first-order valence-electron chi connectivity index (χ1n) is 14.5. The van der Waals surface area contributed by atoms with Crippen LogP contribution in [0.5, 0.6) is 5.75 Å². The predicted molar refractivity (Wildman–Crippen MR) is 152 cm³/mol. The van der Waals surface area contributed by atoms with Gasteiger partial charge in [0.15, 0.2) is 0 Å². The SMILES string of the molecule is CCC[C@H]1N(C(=O)c2cnccc2C(F)(F)F)CCC[C@]1(Oc1csc(C(F)(F)F)c1)C(=O)N1Cc2ccccc2C[C@H]1CO. The van der Waals surface area contributed by atoms with Gasteiger partial charge in [-0.1, -0.05) is 37.6 Å². The van der Waals surface area contributed by atoms with Crippen molar-refractivity contribution in [3.63, 3.8) is 0 Å². The van der Waals surface area contributed by atoms with Crippen LogP contribution in [0.15, 0.2) is 54.2 Å². The van der Waals surface area contributed by atoms with Crippen molar-refractivity contribution in [1.29, 1.82) is 0 Å². The lowest BCUT2D eigenvalue weighted by Gasteiger charge is -2.51. The molecule has 2 aromatic heterocycles. The number of ether oxygens (including phenoxy) is 1. The minimum absolute atomic E-state index is 0.0161. The number of likely N-dealkylation sites (tertiary alicyclic amines) is 1. The predicted octanol–water partition coefficient (Wildman–Crippen LogP) is 6.35. The molecular weight excluding hydrogens is 624 g/mol. The lowest BCUT2D eigenvalue weighted by molar-refractivity contribution is -0.164. The van der Waals surface area contributed by atoms with E-state index in [9.17, 15) is 41.0 Å². The summed E-state index contributed by atoms with van der Waals surface area (Å²) in [6.07, 6.45) is -6.92. The third kappa shape index (κ3) is 6.39. The molecule has 7 nitrogen and oxygen atoms in total. The standard InChI is InChI=1S/C31H31F6N3O4S/c1-2-6-25-29(44-22-14-26(45-18-22)31(35,36)37,28(43)40-16-20-8-4-3-7-19(20)13-21(40)17-41)10-5-12-39(25)27(42)23-15-38-11-9-24(23)30(32,33)34/h3-4,7-9,11,14-15,18,21,25,41H,2,5-6,10,12-13,16-17H2,1H3/t21-,25+,29+/m0/s1. The van der Waals surface area contributed by atoms with E-state index < -0.39 is 64.5 Å². The molecule has 0 aliphatic carbocycles. The van der Waals surface area contributed by atoms with Gasteiger partial charge in [0.2, 0.25) is 5.60 Å². The van der Waals surface area contributed by atoms with E-state index in [1.54, 1.807) is 13.0 Å². The van der Waals surface area contributed by atoms with Gasteiger partial charge in [-0.15, -0.1) is 11.3 Å². The largest absolute Gasteiger partial charge is 0.474 e. The monoisotopic (exact) mass is 655 g/mol. The Morgan fingerprint density at radius 2 is 1.82 bits per heavy atom. The van der Waals surface area contributed by atoms with Crippen LogP contribution in [0.3, 0.4) is 0 Å². The van der Waals surface area contributed by atoms with Gasteiger partial charge >= 0.3 is 12.4 Å². The zero-order valence-electron chi connectivity index (χ0n) is 24.2. The molecule has 1 saturated heterocycles. The van der Waals surface area contributed by atoms with Crippen molar-refractivity contribution in [2.45, 2.75) is 75.6 Å². The topological polar surface area (TPSA) is 83.0 Å². The van der Waals surface area contributed by atoms with Gasteiger partial charge in [0.25, 0.3) is 11.8 Å². The highest BCUT2D eigenvalue weighted by Crippen LogP contribution is 2.43. The first kappa shape index (κ1) is 32.7. The van der Waals surface area contributed by atoms with Crippen molar-refractivity contribution in [2.75, 3.05) is 13.2 Å². The molecule has 242 valence electrons. The van der Waals surface area contributed by atoms with E-state index in [1.807, 2.05) is 18.2 Å². The quantitative estimate of drug-likeness (QED) is 0.300. The molecule has 1 N–H and O–H groups in total. The normalized spacial score (nSPS) is 22.2. The van der Waals surface area contributed by atoms with E-state index in [1.165, 1.54) is 9.80 Å². The maximum absolute atomic E-state index is 14.8. The average molecular weight is 656 g/mol. The van der Waals surface area contributed by atoms with Crippen LogP contribution >= 0.6 is 11.3 Å². The summed E-state index contributed by atoms with van der Waals surface area (Å²) in [5.41, 5.74) is -2.13. The van der Waals surface area contributed by atoms with Gasteiger partial charge in [-0.25, -0.2) is 0 Å². The molecule has 0 radical (unpaired) electrons. The molecule has 0 bridgehead atoms. The Hall–Kier alpha value is -3.65. The summed E-state index contributed by atoms with van der Waals surface area (Å²) < 4.78 is 88.8. The number of carbonyl (C=O) groups excluding carboxylic acids is 2. The van der Waals surface area contributed by atoms with Gasteiger partial charge in [0.05, 0.1) is 29.8 Å². The van der Waals surface area contributed by atoms with E-state index in [4.69, 9.17) is 4.74 Å². The van der Waals surface area contributed by atoms with Crippen molar-refractivity contribution >= 4 is 23.2 Å². The van der Waals surface area contributed by atoms with Crippen LogP contribution in [0.2, 0.25) is 0 Å². The van der Waals surface area contributed by atoms with Crippen molar-refractivity contribution in [3.8, 4) is 5.75 Å². The molecule has 3 aromatic rings. The second-order valence-corrected chi connectivity index (χ2v) is 12.1. The molecule has 2 aliphatic heterocycles. The molecule has 1 fully saturated rings. The van der Waals surface area contributed by atoms with Gasteiger partial charge in [0.1, 0.15) is 10.6 Å². The third-order valence-corrected chi connectivity index (χ3v) is 9.34. The zero-order chi connectivity index (χ0) is 32.6. The van der Waals surface area contributed by atoms with Crippen LogP contribution in [0.1, 0.15) is 64.5 Å². The van der Waals surface area contributed by atoms with Gasteiger partial charge in [-0.05, 0) is 36.5 Å². The van der Waals surface area contributed by atoms with Gasteiger partial charge in [-0.2, -0.15) is 26.3 Å². The molecule has 0 spiro atoms. The number of aromatic nitrogens is 1. The Labute approximate surface area is 259 Å². The number of nitrogens with zero attached hydrogens (tertiary/aromatic N) is 3. The van der Waals surface area contributed by atoms with Gasteiger partial charge in [0, 0.05) is 43.4 Å². The van der Waals surface area contributed by atoms with Crippen LogP contribution in [0.25, 0.3) is 0 Å². The van der Waals surface area contributed by atoms with E-state index >= 15 is 0 Å². The Balaban J connectivity index is 1.62. The highest BCUT2D eigenvalue weighted by atomic mass is 32.1. The Bertz CT molecular complexity index is 1540. The van der Waals surface area contributed by atoms with Crippen LogP contribution in [-0.2, 0) is 30.1 Å². The van der Waals surface area contributed by atoms with Crippen LogP contribution in [0.4, 0.5) is 26.3 Å². The van der Waals surface area contributed by atoms with E-state index in [0.29, 0.717) is 30.2 Å². The number of fused-ring (bicyclic) bond motifs is 1. The molecule has 0 saturated carbocycles. The minimum atomic E-state index is -4.87. The number of hydrogen-bond donors (Lipinski definition) is 1. The summed E-state index contributed by atoms with van der Waals surface area (Å²) in [5, 5.41) is 11.5. The van der Waals surface area contributed by atoms with E-state index in [0.717, 1.165) is 35.0 Å². The van der Waals surface area contributed by atoms with Crippen molar-refractivity contribution in [3.05, 3.63) is 81.3 Å². The Morgan fingerprint density at radius 3 is 2.47 bits per heavy atom. The van der Waals surface area contributed by atoms with Crippen LogP contribution < -0.4 is 4.74 Å². The first-order chi connectivity index (χ1) is 21.3. The maximum Gasteiger partial charge on any atom is 0.425 e. The zero-order valence-corrected chi connectivity index (χ0v) is 25.0. The number of piperidine rings is 1. The summed E-state index contributed by atoms with van der Waals surface area (Å²) >= 11 is 0.381. The van der Waals surface area contributed by atoms with Crippen molar-refractivity contribution in [2.24, 2.45) is 0 Å². The number of benzene rings is 1. The number of amides is 2. The highest BCUT2D eigenvalue weighted by molar-refractivity contribution is 7.10. The second-order valence-electron chi connectivity index (χ2n) is 11.2. The average Bonchev–Trinajstić information content (AvgIpc) is 3.49. The number of thiophene rings is 1. The van der Waals surface area contributed by atoms with Crippen molar-refractivity contribution < 1.29 is 45.8 Å². The fourth-order valence-electron chi connectivity index (χ4n) is 6.33. The maximum atomic E-state index is 14.8. The molecule has 5 rings (SSSR count). The number of rotatable bonds is 7. The number of pyridine rings is 1. The minimum Gasteiger partial charge on any atom is -0.474 e. The number of carbonyl (C=O) groups is 2. The van der Waals surface area contributed by atoms with Crippen molar-refractivity contribution in [1.82, 2.24) is 14.8 Å². The first-order valence-corrected chi connectivity index (χ1v) is 15.3. The molecule has 45 heavy (non-hydrogen) atoms. The number of hydrogen-bond acceptors (Lipinski definition) is 6. The van der Waals surface area contributed by atoms with E-state index in [2.05, 4.69) is 4.98 Å². The molecule has 2 amide bonds. The fraction of sp³-hybridized carbons (Fsp3) is 0.452. The summed E-state index contributed by atoms with van der Waals surface area (Å²) in [6, 6.07) is 6.95. The molecule has 14 heteroatoms. The lowest BCUT2D eigenvalue weighted by atomic mass is 9.78. The van der Waals surface area contributed by atoms with Crippen LogP contribution in [0, 0.1) is 0 Å². The summed E-state index contributed by atoms with van der Waals surface area (Å²) in [4.78, 5) is 34.1. The molecular formula is C31H31F6N3O4S. The number of aliphatic hydroxyl groups is 1. The van der Waals surface area contributed by atoms with Gasteiger partial charge in [-0.3, -0.25) is 14.6 Å². The molecule has 2 aliphatic rings. The summed E-state index contributed by atoms with van der Waals surface area (Å²) in [6.45, 7) is 1.39. The smallest absolute Gasteiger partial charge is 0.425 e. The molecule has 0 unspecified atom stereocenters.